The van der Waals surface area contributed by atoms with Gasteiger partial charge in [-0.2, -0.15) is 0 Å². The van der Waals surface area contributed by atoms with E-state index < -0.39 is 4.92 Å². The standard InChI is InChI=1S/C18H21N3O3/c1-3-13-7-5-8-14(4-2)18(13)20-17(22)12-19-15-9-6-10-16(11-15)21(23)24/h5-11,19H,3-4,12H2,1-2H3,(H,20,22). The van der Waals surface area contributed by atoms with E-state index in [4.69, 9.17) is 0 Å². The fraction of sp³-hybridized carbons (Fsp3) is 0.278. The Morgan fingerprint density at radius 1 is 1.08 bits per heavy atom. The maximum Gasteiger partial charge on any atom is 0.271 e. The first-order valence-corrected chi connectivity index (χ1v) is 7.94. The van der Waals surface area contributed by atoms with Crippen LogP contribution in [0.15, 0.2) is 42.5 Å². The van der Waals surface area contributed by atoms with Crippen LogP contribution in [-0.4, -0.2) is 17.4 Å². The summed E-state index contributed by atoms with van der Waals surface area (Å²) in [7, 11) is 0. The first kappa shape index (κ1) is 17.5. The number of amides is 1. The Morgan fingerprint density at radius 2 is 1.71 bits per heavy atom. The van der Waals surface area contributed by atoms with E-state index in [1.165, 1.54) is 12.1 Å². The van der Waals surface area contributed by atoms with Crippen LogP contribution in [0.4, 0.5) is 17.1 Å². The minimum atomic E-state index is -0.462. The van der Waals surface area contributed by atoms with Gasteiger partial charge in [-0.05, 0) is 30.0 Å². The second-order valence-corrected chi connectivity index (χ2v) is 5.37. The number of rotatable bonds is 7. The second kappa shape index (κ2) is 8.10. The predicted octanol–water partition coefficient (Wildman–Crippen LogP) is 3.77. The molecule has 0 aromatic heterocycles. The summed E-state index contributed by atoms with van der Waals surface area (Å²) in [5.41, 5.74) is 3.59. The average Bonchev–Trinajstić information content (AvgIpc) is 2.60. The van der Waals surface area contributed by atoms with Gasteiger partial charge in [0.1, 0.15) is 0 Å². The first-order valence-electron chi connectivity index (χ1n) is 7.94. The van der Waals surface area contributed by atoms with Gasteiger partial charge in [-0.15, -0.1) is 0 Å². The third kappa shape index (κ3) is 4.32. The maximum absolute atomic E-state index is 12.2. The fourth-order valence-electron chi connectivity index (χ4n) is 2.50. The molecule has 0 saturated carbocycles. The Balaban J connectivity index is 2.04. The summed E-state index contributed by atoms with van der Waals surface area (Å²) in [6.07, 6.45) is 1.67. The van der Waals surface area contributed by atoms with Crippen LogP contribution >= 0.6 is 0 Å². The third-order valence-electron chi connectivity index (χ3n) is 3.77. The van der Waals surface area contributed by atoms with Gasteiger partial charge in [0, 0.05) is 23.5 Å². The molecule has 0 heterocycles. The van der Waals surface area contributed by atoms with E-state index in [2.05, 4.69) is 10.6 Å². The van der Waals surface area contributed by atoms with Gasteiger partial charge in [-0.3, -0.25) is 14.9 Å². The number of nitro groups is 1. The Labute approximate surface area is 141 Å². The normalized spacial score (nSPS) is 10.2. The van der Waals surface area contributed by atoms with E-state index in [0.29, 0.717) is 5.69 Å². The van der Waals surface area contributed by atoms with Crippen molar-refractivity contribution in [3.05, 3.63) is 63.7 Å². The number of nitro benzene ring substituents is 1. The van der Waals surface area contributed by atoms with Crippen LogP contribution in [0.5, 0.6) is 0 Å². The van der Waals surface area contributed by atoms with Crippen molar-refractivity contribution in [2.45, 2.75) is 26.7 Å². The smallest absolute Gasteiger partial charge is 0.271 e. The maximum atomic E-state index is 12.2. The molecule has 0 atom stereocenters. The van der Waals surface area contributed by atoms with Crippen molar-refractivity contribution in [2.24, 2.45) is 0 Å². The van der Waals surface area contributed by atoms with Crippen LogP contribution in [0.2, 0.25) is 0 Å². The van der Waals surface area contributed by atoms with Crippen LogP contribution in [0.1, 0.15) is 25.0 Å². The molecule has 0 aliphatic carbocycles. The van der Waals surface area contributed by atoms with Crippen molar-refractivity contribution >= 4 is 23.0 Å². The molecule has 6 nitrogen and oxygen atoms in total. The number of nitrogens with zero attached hydrogens (tertiary/aromatic N) is 1. The van der Waals surface area contributed by atoms with Crippen molar-refractivity contribution < 1.29 is 9.72 Å². The van der Waals surface area contributed by atoms with E-state index in [9.17, 15) is 14.9 Å². The molecule has 0 aliphatic rings. The quantitative estimate of drug-likeness (QED) is 0.599. The molecule has 24 heavy (non-hydrogen) atoms. The average molecular weight is 327 g/mol. The molecule has 2 aromatic rings. The number of non-ortho nitro benzene ring substituents is 1. The van der Waals surface area contributed by atoms with E-state index >= 15 is 0 Å². The van der Waals surface area contributed by atoms with Gasteiger partial charge >= 0.3 is 0 Å². The molecule has 6 heteroatoms. The fourth-order valence-corrected chi connectivity index (χ4v) is 2.50. The molecule has 0 aliphatic heterocycles. The van der Waals surface area contributed by atoms with Gasteiger partial charge in [0.2, 0.25) is 5.91 Å². The number of benzene rings is 2. The Hall–Kier alpha value is -2.89. The third-order valence-corrected chi connectivity index (χ3v) is 3.77. The van der Waals surface area contributed by atoms with E-state index in [1.54, 1.807) is 12.1 Å². The molecular formula is C18H21N3O3. The number of anilines is 2. The summed E-state index contributed by atoms with van der Waals surface area (Å²) in [5, 5.41) is 16.6. The predicted molar refractivity (Wildman–Crippen MR) is 95.4 cm³/mol. The summed E-state index contributed by atoms with van der Waals surface area (Å²) in [4.78, 5) is 22.5. The molecule has 0 unspecified atom stereocenters. The number of para-hydroxylation sites is 1. The zero-order valence-corrected chi connectivity index (χ0v) is 13.8. The van der Waals surface area contributed by atoms with Crippen LogP contribution < -0.4 is 10.6 Å². The van der Waals surface area contributed by atoms with Crippen molar-refractivity contribution in [1.29, 1.82) is 0 Å². The highest BCUT2D eigenvalue weighted by Crippen LogP contribution is 2.22. The van der Waals surface area contributed by atoms with Gasteiger partial charge < -0.3 is 10.6 Å². The van der Waals surface area contributed by atoms with E-state index in [0.717, 1.165) is 29.7 Å². The molecule has 0 saturated heterocycles. The van der Waals surface area contributed by atoms with Gasteiger partial charge in [0.25, 0.3) is 5.69 Å². The van der Waals surface area contributed by atoms with Crippen LogP contribution in [-0.2, 0) is 17.6 Å². The van der Waals surface area contributed by atoms with E-state index in [-0.39, 0.29) is 18.1 Å². The van der Waals surface area contributed by atoms with Gasteiger partial charge in [0.05, 0.1) is 11.5 Å². The largest absolute Gasteiger partial charge is 0.376 e. The molecule has 0 fully saturated rings. The molecule has 0 radical (unpaired) electrons. The SMILES string of the molecule is CCc1cccc(CC)c1NC(=O)CNc1cccc([N+](=O)[O-])c1. The monoisotopic (exact) mass is 327 g/mol. The topological polar surface area (TPSA) is 84.3 Å². The molecular weight excluding hydrogens is 306 g/mol. The van der Waals surface area contributed by atoms with E-state index in [1.807, 2.05) is 32.0 Å². The number of hydrogen-bond acceptors (Lipinski definition) is 4. The van der Waals surface area contributed by atoms with Crippen LogP contribution in [0.3, 0.4) is 0 Å². The lowest BCUT2D eigenvalue weighted by Gasteiger charge is -2.15. The number of aryl methyl sites for hydroxylation is 2. The Bertz CT molecular complexity index is 722. The van der Waals surface area contributed by atoms with Crippen molar-refractivity contribution in [1.82, 2.24) is 0 Å². The highest BCUT2D eigenvalue weighted by molar-refractivity contribution is 5.95. The number of hydrogen-bond donors (Lipinski definition) is 2. The Kier molecular flexibility index (Phi) is 5.89. The lowest BCUT2D eigenvalue weighted by atomic mass is 10.0. The van der Waals surface area contributed by atoms with Gasteiger partial charge in [-0.1, -0.05) is 38.1 Å². The summed E-state index contributed by atoms with van der Waals surface area (Å²) >= 11 is 0. The van der Waals surface area contributed by atoms with Gasteiger partial charge in [-0.25, -0.2) is 0 Å². The minimum Gasteiger partial charge on any atom is -0.376 e. The summed E-state index contributed by atoms with van der Waals surface area (Å²) in [6.45, 7) is 4.14. The summed E-state index contributed by atoms with van der Waals surface area (Å²) in [6, 6.07) is 12.1. The minimum absolute atomic E-state index is 0.00925. The lowest BCUT2D eigenvalue weighted by Crippen LogP contribution is -2.23. The van der Waals surface area contributed by atoms with Crippen LogP contribution in [0.25, 0.3) is 0 Å². The number of carbonyl (C=O) groups excluding carboxylic acids is 1. The molecule has 0 spiro atoms. The molecule has 2 rings (SSSR count). The highest BCUT2D eigenvalue weighted by Gasteiger charge is 2.11. The van der Waals surface area contributed by atoms with Gasteiger partial charge in [0.15, 0.2) is 0 Å². The van der Waals surface area contributed by atoms with Crippen molar-refractivity contribution in [3.63, 3.8) is 0 Å². The van der Waals surface area contributed by atoms with Crippen molar-refractivity contribution in [3.8, 4) is 0 Å². The molecule has 1 amide bonds. The first-order chi connectivity index (χ1) is 11.5. The van der Waals surface area contributed by atoms with Crippen molar-refractivity contribution in [2.75, 3.05) is 17.2 Å². The Morgan fingerprint density at radius 3 is 2.29 bits per heavy atom. The zero-order chi connectivity index (χ0) is 17.5. The second-order valence-electron chi connectivity index (χ2n) is 5.37. The summed E-state index contributed by atoms with van der Waals surface area (Å²) in [5.74, 6) is -0.183. The highest BCUT2D eigenvalue weighted by atomic mass is 16.6. The molecule has 2 N–H and O–H groups in total. The molecule has 126 valence electrons. The molecule has 0 bridgehead atoms. The van der Waals surface area contributed by atoms with Crippen LogP contribution in [0, 0.1) is 10.1 Å². The zero-order valence-electron chi connectivity index (χ0n) is 13.8. The number of nitrogens with one attached hydrogen (secondary N) is 2. The lowest BCUT2D eigenvalue weighted by molar-refractivity contribution is -0.384. The number of carbonyl (C=O) groups is 1. The summed E-state index contributed by atoms with van der Waals surface area (Å²) < 4.78 is 0. The molecule has 2 aromatic carbocycles.